The highest BCUT2D eigenvalue weighted by molar-refractivity contribution is 4.75. The van der Waals surface area contributed by atoms with E-state index in [1.165, 1.54) is 71.4 Å². The number of piperidine rings is 2. The van der Waals surface area contributed by atoms with Crippen molar-refractivity contribution in [3.8, 4) is 0 Å². The molecule has 0 bridgehead atoms. The van der Waals surface area contributed by atoms with E-state index in [1.54, 1.807) is 0 Å². The summed E-state index contributed by atoms with van der Waals surface area (Å²) in [6, 6.07) is 0. The van der Waals surface area contributed by atoms with Gasteiger partial charge in [0.1, 0.15) is 0 Å². The Bertz CT molecular complexity index is 231. The first kappa shape index (κ1) is 15.3. The molecule has 0 aromatic carbocycles. The summed E-state index contributed by atoms with van der Waals surface area (Å²) < 4.78 is 6.17. The monoisotopic (exact) mass is 268 g/mol. The van der Waals surface area contributed by atoms with E-state index >= 15 is 0 Å². The van der Waals surface area contributed by atoms with Crippen molar-refractivity contribution < 1.29 is 4.74 Å². The number of ether oxygens (including phenoxy) is 1. The van der Waals surface area contributed by atoms with Gasteiger partial charge in [0.05, 0.1) is 6.10 Å². The number of likely N-dealkylation sites (tertiary alicyclic amines) is 2. The smallest absolute Gasteiger partial charge is 0.0599 e. The molecule has 2 fully saturated rings. The van der Waals surface area contributed by atoms with Crippen molar-refractivity contribution >= 4 is 0 Å². The third-order valence-electron chi connectivity index (χ3n) is 4.80. The van der Waals surface area contributed by atoms with Gasteiger partial charge in [0.15, 0.2) is 0 Å². The van der Waals surface area contributed by atoms with Crippen molar-refractivity contribution in [3.63, 3.8) is 0 Å². The van der Waals surface area contributed by atoms with Gasteiger partial charge < -0.3 is 14.5 Å². The Morgan fingerprint density at radius 2 is 1.53 bits per heavy atom. The SMILES string of the molecule is CCCN1CCC(OCC2CCN(CC)CC2)CC1. The van der Waals surface area contributed by atoms with Crippen molar-refractivity contribution in [2.45, 2.75) is 52.1 Å². The molecule has 2 aliphatic heterocycles. The van der Waals surface area contributed by atoms with Gasteiger partial charge in [-0.1, -0.05) is 13.8 Å². The Kier molecular flexibility index (Phi) is 6.62. The van der Waals surface area contributed by atoms with Crippen LogP contribution < -0.4 is 0 Å². The molecule has 3 heteroatoms. The minimum Gasteiger partial charge on any atom is -0.378 e. The molecule has 3 nitrogen and oxygen atoms in total. The van der Waals surface area contributed by atoms with Crippen LogP contribution in [0.5, 0.6) is 0 Å². The molecule has 19 heavy (non-hydrogen) atoms. The Hall–Kier alpha value is -0.120. The summed E-state index contributed by atoms with van der Waals surface area (Å²) in [5.74, 6) is 0.816. The van der Waals surface area contributed by atoms with Crippen LogP contribution in [0.1, 0.15) is 46.0 Å². The van der Waals surface area contributed by atoms with Gasteiger partial charge in [-0.3, -0.25) is 0 Å². The molecule has 0 radical (unpaired) electrons. The molecule has 0 saturated carbocycles. The van der Waals surface area contributed by atoms with E-state index in [0.29, 0.717) is 6.10 Å². The first-order chi connectivity index (χ1) is 9.31. The summed E-state index contributed by atoms with van der Waals surface area (Å²) in [4.78, 5) is 5.14. The molecule has 0 unspecified atom stereocenters. The van der Waals surface area contributed by atoms with Gasteiger partial charge in [0, 0.05) is 19.7 Å². The fraction of sp³-hybridized carbons (Fsp3) is 1.00. The molecule has 0 amide bonds. The van der Waals surface area contributed by atoms with E-state index < -0.39 is 0 Å². The predicted octanol–water partition coefficient (Wildman–Crippen LogP) is 2.61. The van der Waals surface area contributed by atoms with Crippen LogP contribution in [0.15, 0.2) is 0 Å². The van der Waals surface area contributed by atoms with Crippen LogP contribution in [0.4, 0.5) is 0 Å². The standard InChI is InChI=1S/C16H32N2O/c1-3-9-18-12-7-16(8-13-18)19-14-15-5-10-17(4-2)11-6-15/h15-16H,3-14H2,1-2H3. The van der Waals surface area contributed by atoms with E-state index in [-0.39, 0.29) is 0 Å². The molecule has 0 aromatic rings. The lowest BCUT2D eigenvalue weighted by atomic mass is 9.97. The number of rotatable bonds is 6. The highest BCUT2D eigenvalue weighted by Crippen LogP contribution is 2.20. The van der Waals surface area contributed by atoms with Crippen LogP contribution in [-0.2, 0) is 4.74 Å². The molecule has 0 aromatic heterocycles. The third kappa shape index (κ3) is 5.05. The molecule has 0 aliphatic carbocycles. The van der Waals surface area contributed by atoms with Gasteiger partial charge in [0.2, 0.25) is 0 Å². The average molecular weight is 268 g/mol. The molecule has 112 valence electrons. The maximum absolute atomic E-state index is 6.17. The lowest BCUT2D eigenvalue weighted by Gasteiger charge is -2.34. The maximum Gasteiger partial charge on any atom is 0.0599 e. The molecule has 0 N–H and O–H groups in total. The van der Waals surface area contributed by atoms with Crippen LogP contribution in [0.3, 0.4) is 0 Å². The van der Waals surface area contributed by atoms with Crippen LogP contribution in [0, 0.1) is 5.92 Å². The van der Waals surface area contributed by atoms with Gasteiger partial charge in [-0.25, -0.2) is 0 Å². The van der Waals surface area contributed by atoms with E-state index in [0.717, 1.165) is 12.5 Å². The number of hydrogen-bond acceptors (Lipinski definition) is 3. The Morgan fingerprint density at radius 1 is 0.895 bits per heavy atom. The number of hydrogen-bond donors (Lipinski definition) is 0. The Morgan fingerprint density at radius 3 is 2.11 bits per heavy atom. The van der Waals surface area contributed by atoms with Crippen molar-refractivity contribution in [3.05, 3.63) is 0 Å². The van der Waals surface area contributed by atoms with Crippen LogP contribution in [-0.4, -0.2) is 61.8 Å². The summed E-state index contributed by atoms with van der Waals surface area (Å²) in [6.45, 7) is 13.1. The topological polar surface area (TPSA) is 15.7 Å². The van der Waals surface area contributed by atoms with Crippen molar-refractivity contribution in [2.24, 2.45) is 5.92 Å². The first-order valence-electron chi connectivity index (χ1n) is 8.38. The normalized spacial score (nSPS) is 24.9. The quantitative estimate of drug-likeness (QED) is 0.736. The van der Waals surface area contributed by atoms with Crippen molar-refractivity contribution in [2.75, 3.05) is 45.9 Å². The Labute approximate surface area is 119 Å². The molecular formula is C16H32N2O. The highest BCUT2D eigenvalue weighted by atomic mass is 16.5. The molecular weight excluding hydrogens is 236 g/mol. The van der Waals surface area contributed by atoms with Gasteiger partial charge in [-0.15, -0.1) is 0 Å². The van der Waals surface area contributed by atoms with Crippen LogP contribution in [0.25, 0.3) is 0 Å². The van der Waals surface area contributed by atoms with E-state index in [4.69, 9.17) is 4.74 Å². The average Bonchev–Trinajstić information content (AvgIpc) is 2.47. The lowest BCUT2D eigenvalue weighted by Crippen LogP contribution is -2.39. The van der Waals surface area contributed by atoms with Gasteiger partial charge in [0.25, 0.3) is 0 Å². The molecule has 2 aliphatic rings. The summed E-state index contributed by atoms with van der Waals surface area (Å²) in [7, 11) is 0. The zero-order valence-corrected chi connectivity index (χ0v) is 12.9. The fourth-order valence-electron chi connectivity index (χ4n) is 3.36. The molecule has 2 heterocycles. The van der Waals surface area contributed by atoms with Gasteiger partial charge in [-0.2, -0.15) is 0 Å². The summed E-state index contributed by atoms with van der Waals surface area (Å²) in [5, 5.41) is 0. The molecule has 2 rings (SSSR count). The fourth-order valence-corrected chi connectivity index (χ4v) is 3.36. The molecule has 2 saturated heterocycles. The zero-order chi connectivity index (χ0) is 13.5. The summed E-state index contributed by atoms with van der Waals surface area (Å²) in [5.41, 5.74) is 0. The minimum atomic E-state index is 0.539. The highest BCUT2D eigenvalue weighted by Gasteiger charge is 2.22. The van der Waals surface area contributed by atoms with Crippen LogP contribution in [0.2, 0.25) is 0 Å². The second-order valence-corrected chi connectivity index (χ2v) is 6.25. The second kappa shape index (κ2) is 8.23. The predicted molar refractivity (Wildman–Crippen MR) is 80.5 cm³/mol. The molecule has 0 atom stereocenters. The summed E-state index contributed by atoms with van der Waals surface area (Å²) in [6.07, 6.45) is 6.98. The van der Waals surface area contributed by atoms with E-state index in [1.807, 2.05) is 0 Å². The van der Waals surface area contributed by atoms with Gasteiger partial charge in [-0.05, 0) is 64.2 Å². The van der Waals surface area contributed by atoms with Crippen LogP contribution >= 0.6 is 0 Å². The maximum atomic E-state index is 6.17. The van der Waals surface area contributed by atoms with E-state index in [2.05, 4.69) is 23.6 Å². The first-order valence-corrected chi connectivity index (χ1v) is 8.38. The third-order valence-corrected chi connectivity index (χ3v) is 4.80. The second-order valence-electron chi connectivity index (χ2n) is 6.25. The number of nitrogens with zero attached hydrogens (tertiary/aromatic N) is 2. The molecule has 0 spiro atoms. The van der Waals surface area contributed by atoms with E-state index in [9.17, 15) is 0 Å². The van der Waals surface area contributed by atoms with Gasteiger partial charge >= 0.3 is 0 Å². The lowest BCUT2D eigenvalue weighted by molar-refractivity contribution is -0.0188. The van der Waals surface area contributed by atoms with Crippen molar-refractivity contribution in [1.29, 1.82) is 0 Å². The zero-order valence-electron chi connectivity index (χ0n) is 12.9. The Balaban J connectivity index is 1.57. The minimum absolute atomic E-state index is 0.539. The van der Waals surface area contributed by atoms with Crippen molar-refractivity contribution in [1.82, 2.24) is 9.80 Å². The summed E-state index contributed by atoms with van der Waals surface area (Å²) >= 11 is 0. The largest absolute Gasteiger partial charge is 0.378 e.